The van der Waals surface area contributed by atoms with E-state index in [0.29, 0.717) is 30.2 Å². The van der Waals surface area contributed by atoms with E-state index in [0.717, 1.165) is 5.56 Å². The van der Waals surface area contributed by atoms with E-state index in [9.17, 15) is 14.9 Å². The van der Waals surface area contributed by atoms with Crippen molar-refractivity contribution in [1.29, 1.82) is 0 Å². The maximum atomic E-state index is 12.3. The van der Waals surface area contributed by atoms with Gasteiger partial charge < -0.3 is 23.8 Å². The number of methoxy groups -OCH3 is 3. The number of hydrogen-bond donors (Lipinski definition) is 0. The van der Waals surface area contributed by atoms with Crippen LogP contribution in [0.4, 0.5) is 5.69 Å². The van der Waals surface area contributed by atoms with Gasteiger partial charge in [-0.3, -0.25) is 14.9 Å². The minimum Gasteiger partial charge on any atom is -0.496 e. The van der Waals surface area contributed by atoms with Crippen LogP contribution >= 0.6 is 0 Å². The number of carbonyl (C=O) groups is 1. The Labute approximate surface area is 168 Å². The second-order valence-corrected chi connectivity index (χ2v) is 6.13. The third kappa shape index (κ3) is 5.74. The third-order valence-corrected chi connectivity index (χ3v) is 4.32. The number of rotatable bonds is 10. The second-order valence-electron chi connectivity index (χ2n) is 6.13. The molecule has 2 aromatic rings. The zero-order chi connectivity index (χ0) is 21.4. The van der Waals surface area contributed by atoms with Crippen molar-refractivity contribution in [2.75, 3.05) is 41.5 Å². The lowest BCUT2D eigenvalue weighted by molar-refractivity contribution is -0.385. The molecule has 156 valence electrons. The zero-order valence-electron chi connectivity index (χ0n) is 16.8. The molecule has 0 aliphatic rings. The van der Waals surface area contributed by atoms with Gasteiger partial charge in [-0.1, -0.05) is 6.07 Å². The van der Waals surface area contributed by atoms with Gasteiger partial charge >= 0.3 is 5.69 Å². The Balaban J connectivity index is 1.94. The minimum atomic E-state index is -0.580. The fraction of sp³-hybridized carbons (Fsp3) is 0.350. The van der Waals surface area contributed by atoms with Gasteiger partial charge in [-0.25, -0.2) is 0 Å². The predicted molar refractivity (Wildman–Crippen MR) is 106 cm³/mol. The number of ether oxygens (including phenoxy) is 4. The fourth-order valence-corrected chi connectivity index (χ4v) is 2.60. The van der Waals surface area contributed by atoms with Gasteiger partial charge in [0.15, 0.2) is 23.9 Å². The van der Waals surface area contributed by atoms with Crippen LogP contribution < -0.4 is 18.9 Å². The Morgan fingerprint density at radius 1 is 1.00 bits per heavy atom. The number of carbonyl (C=O) groups excluding carboxylic acids is 1. The lowest BCUT2D eigenvalue weighted by Gasteiger charge is -2.18. The molecule has 9 heteroatoms. The maximum Gasteiger partial charge on any atom is 0.314 e. The summed E-state index contributed by atoms with van der Waals surface area (Å²) in [5.74, 6) is 1.31. The Bertz CT molecular complexity index is 870. The van der Waals surface area contributed by atoms with Crippen LogP contribution in [-0.4, -0.2) is 57.3 Å². The summed E-state index contributed by atoms with van der Waals surface area (Å²) in [5, 5.41) is 11.2. The van der Waals surface area contributed by atoms with Crippen LogP contribution in [0, 0.1) is 10.1 Å². The Hall–Kier alpha value is -3.49. The molecule has 0 unspecified atom stereocenters. The van der Waals surface area contributed by atoms with E-state index in [4.69, 9.17) is 18.9 Å². The van der Waals surface area contributed by atoms with Crippen molar-refractivity contribution in [2.45, 2.75) is 6.42 Å². The number of nitro benzene ring substituents is 1. The number of nitro groups is 1. The highest BCUT2D eigenvalue weighted by atomic mass is 16.6. The number of nitrogens with zero attached hydrogens (tertiary/aromatic N) is 2. The van der Waals surface area contributed by atoms with E-state index in [1.54, 1.807) is 21.3 Å². The number of benzene rings is 2. The topological polar surface area (TPSA) is 100 Å². The Kier molecular flexibility index (Phi) is 7.64. The van der Waals surface area contributed by atoms with Crippen molar-refractivity contribution in [3.63, 3.8) is 0 Å². The summed E-state index contributed by atoms with van der Waals surface area (Å²) in [7, 11) is 6.19. The molecule has 0 fully saturated rings. The van der Waals surface area contributed by atoms with Gasteiger partial charge in [0, 0.05) is 13.6 Å². The van der Waals surface area contributed by atoms with E-state index >= 15 is 0 Å². The first-order valence-corrected chi connectivity index (χ1v) is 8.79. The van der Waals surface area contributed by atoms with Gasteiger partial charge in [0.2, 0.25) is 0 Å². The van der Waals surface area contributed by atoms with Crippen molar-refractivity contribution < 1.29 is 28.7 Å². The standard InChI is InChI=1S/C20H24N2O7/c1-21(10-9-14-5-7-18(27-3)19(11-14)28-4)20(23)13-29-17-8-6-15(26-2)12-16(17)22(24)25/h5-8,11-12H,9-10,13H2,1-4H3. The molecule has 0 saturated carbocycles. The van der Waals surface area contributed by atoms with Crippen LogP contribution in [0.25, 0.3) is 0 Å². The molecule has 29 heavy (non-hydrogen) atoms. The molecule has 0 atom stereocenters. The molecule has 0 aromatic heterocycles. The summed E-state index contributed by atoms with van der Waals surface area (Å²) in [6.07, 6.45) is 0.602. The van der Waals surface area contributed by atoms with E-state index in [2.05, 4.69) is 0 Å². The van der Waals surface area contributed by atoms with E-state index < -0.39 is 4.92 Å². The zero-order valence-corrected chi connectivity index (χ0v) is 16.8. The summed E-state index contributed by atoms with van der Waals surface area (Å²) in [6.45, 7) is 0.137. The van der Waals surface area contributed by atoms with E-state index in [1.165, 1.54) is 30.2 Å². The summed E-state index contributed by atoms with van der Waals surface area (Å²) >= 11 is 0. The maximum absolute atomic E-state index is 12.3. The number of hydrogen-bond acceptors (Lipinski definition) is 7. The average molecular weight is 404 g/mol. The molecule has 0 N–H and O–H groups in total. The quantitative estimate of drug-likeness (QED) is 0.443. The van der Waals surface area contributed by atoms with Gasteiger partial charge in [0.25, 0.3) is 5.91 Å². The van der Waals surface area contributed by atoms with E-state index in [-0.39, 0.29) is 24.0 Å². The smallest absolute Gasteiger partial charge is 0.314 e. The molecule has 2 aromatic carbocycles. The molecule has 9 nitrogen and oxygen atoms in total. The molecule has 0 spiro atoms. The SMILES string of the molecule is COc1ccc(OCC(=O)N(C)CCc2ccc(OC)c(OC)c2)c([N+](=O)[O-])c1. The second kappa shape index (κ2) is 10.2. The number of amides is 1. The highest BCUT2D eigenvalue weighted by Crippen LogP contribution is 2.31. The molecular formula is C20H24N2O7. The van der Waals surface area contributed by atoms with Crippen LogP contribution in [0.1, 0.15) is 5.56 Å². The lowest BCUT2D eigenvalue weighted by atomic mass is 10.1. The van der Waals surface area contributed by atoms with Crippen molar-refractivity contribution >= 4 is 11.6 Å². The molecule has 0 saturated heterocycles. The molecule has 1 amide bonds. The Morgan fingerprint density at radius 2 is 1.69 bits per heavy atom. The van der Waals surface area contributed by atoms with Crippen molar-refractivity contribution in [3.05, 3.63) is 52.1 Å². The third-order valence-electron chi connectivity index (χ3n) is 4.32. The first kappa shape index (κ1) is 21.8. The molecule has 0 heterocycles. The van der Waals surface area contributed by atoms with Gasteiger partial charge in [-0.05, 0) is 36.2 Å². The normalized spacial score (nSPS) is 10.2. The largest absolute Gasteiger partial charge is 0.496 e. The van der Waals surface area contributed by atoms with Crippen molar-refractivity contribution in [3.8, 4) is 23.0 Å². The lowest BCUT2D eigenvalue weighted by Crippen LogP contribution is -2.33. The van der Waals surface area contributed by atoms with Gasteiger partial charge in [-0.15, -0.1) is 0 Å². The van der Waals surface area contributed by atoms with Gasteiger partial charge in [-0.2, -0.15) is 0 Å². The van der Waals surface area contributed by atoms with Crippen LogP contribution in [0.2, 0.25) is 0 Å². The summed E-state index contributed by atoms with van der Waals surface area (Å²) in [4.78, 5) is 24.4. The first-order valence-electron chi connectivity index (χ1n) is 8.79. The predicted octanol–water partition coefficient (Wildman–Crippen LogP) is 2.70. The minimum absolute atomic E-state index is 0.0115. The van der Waals surface area contributed by atoms with Crippen LogP contribution in [-0.2, 0) is 11.2 Å². The van der Waals surface area contributed by atoms with Crippen LogP contribution in [0.5, 0.6) is 23.0 Å². The highest BCUT2D eigenvalue weighted by Gasteiger charge is 2.18. The highest BCUT2D eigenvalue weighted by molar-refractivity contribution is 5.77. The molecule has 0 aliphatic heterocycles. The molecule has 0 bridgehead atoms. The fourth-order valence-electron chi connectivity index (χ4n) is 2.60. The average Bonchev–Trinajstić information content (AvgIpc) is 2.75. The molecule has 0 radical (unpaired) electrons. The molecular weight excluding hydrogens is 380 g/mol. The van der Waals surface area contributed by atoms with Gasteiger partial charge in [0.1, 0.15) is 5.75 Å². The van der Waals surface area contributed by atoms with Crippen molar-refractivity contribution in [2.24, 2.45) is 0 Å². The number of likely N-dealkylation sites (N-methyl/N-ethyl adjacent to an activating group) is 1. The summed E-state index contributed by atoms with van der Waals surface area (Å²) in [6, 6.07) is 9.76. The van der Waals surface area contributed by atoms with E-state index in [1.807, 2.05) is 18.2 Å². The summed E-state index contributed by atoms with van der Waals surface area (Å²) < 4.78 is 20.8. The van der Waals surface area contributed by atoms with Crippen LogP contribution in [0.15, 0.2) is 36.4 Å². The summed E-state index contributed by atoms with van der Waals surface area (Å²) in [5.41, 5.74) is 0.721. The van der Waals surface area contributed by atoms with Crippen LogP contribution in [0.3, 0.4) is 0 Å². The molecule has 0 aliphatic carbocycles. The Morgan fingerprint density at radius 3 is 2.31 bits per heavy atom. The van der Waals surface area contributed by atoms with Crippen molar-refractivity contribution in [1.82, 2.24) is 4.90 Å². The van der Waals surface area contributed by atoms with Gasteiger partial charge in [0.05, 0.1) is 32.3 Å². The monoisotopic (exact) mass is 404 g/mol. The molecule has 2 rings (SSSR count). The first-order chi connectivity index (χ1) is 13.9.